The second-order valence-electron chi connectivity index (χ2n) is 3.55. The van der Waals surface area contributed by atoms with Gasteiger partial charge in [-0.25, -0.2) is 0 Å². The summed E-state index contributed by atoms with van der Waals surface area (Å²) in [5, 5.41) is 0. The van der Waals surface area contributed by atoms with Crippen LogP contribution in [0.15, 0.2) is 30.3 Å². The lowest BCUT2D eigenvalue weighted by atomic mass is 10.2. The second-order valence-corrected chi connectivity index (χ2v) is 5.05. The monoisotopic (exact) mass is 241 g/mol. The number of nitrogens with two attached hydrogens (primary N) is 1. The molecular weight excluding hydrogens is 222 g/mol. The molecule has 0 saturated heterocycles. The van der Waals surface area contributed by atoms with Crippen LogP contribution in [0.25, 0.3) is 0 Å². The molecule has 4 heteroatoms. The Morgan fingerprint density at radius 3 is 2.62 bits per heavy atom. The summed E-state index contributed by atoms with van der Waals surface area (Å²) < 4.78 is 17.2. The first kappa shape index (κ1) is 13.4. The van der Waals surface area contributed by atoms with E-state index in [9.17, 15) is 4.21 Å². The van der Waals surface area contributed by atoms with Gasteiger partial charge >= 0.3 is 0 Å². The van der Waals surface area contributed by atoms with Crippen LogP contribution >= 0.6 is 0 Å². The van der Waals surface area contributed by atoms with Gasteiger partial charge in [-0.15, -0.1) is 0 Å². The summed E-state index contributed by atoms with van der Waals surface area (Å²) in [4.78, 5) is 0. The summed E-state index contributed by atoms with van der Waals surface area (Å²) in [6.45, 7) is 2.96. The molecule has 1 aromatic rings. The van der Waals surface area contributed by atoms with E-state index in [0.29, 0.717) is 24.7 Å². The highest BCUT2D eigenvalue weighted by atomic mass is 32.2. The minimum Gasteiger partial charge on any atom is -0.376 e. The van der Waals surface area contributed by atoms with Gasteiger partial charge in [0.25, 0.3) is 0 Å². The molecule has 3 nitrogen and oxygen atoms in total. The molecule has 0 fully saturated rings. The van der Waals surface area contributed by atoms with Crippen molar-refractivity contribution in [3.8, 4) is 0 Å². The zero-order valence-electron chi connectivity index (χ0n) is 9.59. The van der Waals surface area contributed by atoms with Crippen molar-refractivity contribution in [3.05, 3.63) is 35.9 Å². The molecule has 0 radical (unpaired) electrons. The summed E-state index contributed by atoms with van der Waals surface area (Å²) in [6, 6.07) is 9.83. The fourth-order valence-corrected chi connectivity index (χ4v) is 2.78. The molecule has 0 aliphatic heterocycles. The lowest BCUT2D eigenvalue weighted by Gasteiger charge is -2.14. The normalized spacial score (nSPS) is 14.6. The van der Waals surface area contributed by atoms with Gasteiger partial charge in [-0.2, -0.15) is 0 Å². The molecule has 2 unspecified atom stereocenters. The van der Waals surface area contributed by atoms with Gasteiger partial charge in [0.15, 0.2) is 0 Å². The molecule has 0 bridgehead atoms. The van der Waals surface area contributed by atoms with E-state index >= 15 is 0 Å². The van der Waals surface area contributed by atoms with Crippen molar-refractivity contribution in [1.29, 1.82) is 0 Å². The zero-order valence-corrected chi connectivity index (χ0v) is 10.4. The van der Waals surface area contributed by atoms with E-state index in [-0.39, 0.29) is 6.10 Å². The average Bonchev–Trinajstić information content (AvgIpc) is 2.29. The average molecular weight is 241 g/mol. The highest BCUT2D eigenvalue weighted by molar-refractivity contribution is 7.84. The molecule has 0 aromatic heterocycles. The van der Waals surface area contributed by atoms with Gasteiger partial charge in [-0.3, -0.25) is 4.21 Å². The van der Waals surface area contributed by atoms with Crippen LogP contribution in [0.3, 0.4) is 0 Å². The first-order valence-corrected chi connectivity index (χ1v) is 6.95. The minimum atomic E-state index is -0.907. The summed E-state index contributed by atoms with van der Waals surface area (Å²) in [5.41, 5.74) is 6.63. The van der Waals surface area contributed by atoms with Crippen LogP contribution in [-0.2, 0) is 21.3 Å². The van der Waals surface area contributed by atoms with E-state index in [1.807, 2.05) is 37.3 Å². The smallest absolute Gasteiger partial charge is 0.0812 e. The van der Waals surface area contributed by atoms with E-state index in [2.05, 4.69) is 0 Å². The standard InChI is InChI=1S/C12H19NO2S/c1-2-15-12(8-13)10-16(14)9-11-6-4-3-5-7-11/h3-7,12H,2,8-10,13H2,1H3. The van der Waals surface area contributed by atoms with Crippen molar-refractivity contribution in [3.63, 3.8) is 0 Å². The third-order valence-electron chi connectivity index (χ3n) is 2.21. The van der Waals surface area contributed by atoms with Gasteiger partial charge in [-0.1, -0.05) is 30.3 Å². The Bertz CT molecular complexity index is 316. The van der Waals surface area contributed by atoms with Gasteiger partial charge in [-0.05, 0) is 12.5 Å². The van der Waals surface area contributed by atoms with Crippen molar-refractivity contribution in [2.75, 3.05) is 18.9 Å². The van der Waals surface area contributed by atoms with Gasteiger partial charge in [0.2, 0.25) is 0 Å². The lowest BCUT2D eigenvalue weighted by Crippen LogP contribution is -2.29. The van der Waals surface area contributed by atoms with Crippen LogP contribution in [0.5, 0.6) is 0 Å². The number of rotatable bonds is 7. The lowest BCUT2D eigenvalue weighted by molar-refractivity contribution is 0.0852. The molecule has 0 aliphatic carbocycles. The Hall–Kier alpha value is -0.710. The van der Waals surface area contributed by atoms with Gasteiger partial charge < -0.3 is 10.5 Å². The number of benzene rings is 1. The Morgan fingerprint density at radius 2 is 2.06 bits per heavy atom. The number of hydrogen-bond acceptors (Lipinski definition) is 3. The van der Waals surface area contributed by atoms with Crippen LogP contribution in [0.1, 0.15) is 12.5 Å². The SMILES string of the molecule is CCOC(CN)CS(=O)Cc1ccccc1. The quantitative estimate of drug-likeness (QED) is 0.783. The minimum absolute atomic E-state index is 0.0884. The fourth-order valence-electron chi connectivity index (χ4n) is 1.45. The second kappa shape index (κ2) is 7.54. The van der Waals surface area contributed by atoms with Gasteiger partial charge in [0.05, 0.1) is 11.9 Å². The molecule has 0 saturated carbocycles. The third kappa shape index (κ3) is 4.88. The maximum atomic E-state index is 11.8. The Balaban J connectivity index is 2.41. The molecule has 0 aliphatic rings. The predicted octanol–water partition coefficient (Wildman–Crippen LogP) is 1.30. The highest BCUT2D eigenvalue weighted by Gasteiger charge is 2.11. The molecule has 0 amide bonds. The molecule has 1 aromatic carbocycles. The molecule has 2 N–H and O–H groups in total. The van der Waals surface area contributed by atoms with E-state index < -0.39 is 10.8 Å². The van der Waals surface area contributed by atoms with Gasteiger partial charge in [0, 0.05) is 29.7 Å². The van der Waals surface area contributed by atoms with Crippen molar-refractivity contribution in [2.24, 2.45) is 5.73 Å². The molecule has 0 spiro atoms. The number of hydrogen-bond donors (Lipinski definition) is 1. The maximum absolute atomic E-state index is 11.8. The van der Waals surface area contributed by atoms with Crippen molar-refractivity contribution in [1.82, 2.24) is 0 Å². The zero-order chi connectivity index (χ0) is 11.8. The van der Waals surface area contributed by atoms with Crippen molar-refractivity contribution >= 4 is 10.8 Å². The molecule has 2 atom stereocenters. The Kier molecular flexibility index (Phi) is 6.30. The summed E-state index contributed by atoms with van der Waals surface area (Å²) >= 11 is 0. The van der Waals surface area contributed by atoms with Crippen LogP contribution < -0.4 is 5.73 Å². The van der Waals surface area contributed by atoms with Crippen molar-refractivity contribution in [2.45, 2.75) is 18.8 Å². The predicted molar refractivity (Wildman–Crippen MR) is 67.6 cm³/mol. The Morgan fingerprint density at radius 1 is 1.38 bits per heavy atom. The first-order chi connectivity index (χ1) is 7.76. The van der Waals surface area contributed by atoms with Crippen LogP contribution in [-0.4, -0.2) is 29.2 Å². The summed E-state index contributed by atoms with van der Waals surface area (Å²) in [5.74, 6) is 1.09. The van der Waals surface area contributed by atoms with E-state index in [0.717, 1.165) is 5.56 Å². The third-order valence-corrected chi connectivity index (χ3v) is 3.61. The van der Waals surface area contributed by atoms with Crippen molar-refractivity contribution < 1.29 is 8.95 Å². The largest absolute Gasteiger partial charge is 0.376 e. The van der Waals surface area contributed by atoms with E-state index in [1.165, 1.54) is 0 Å². The molecule has 16 heavy (non-hydrogen) atoms. The summed E-state index contributed by atoms with van der Waals surface area (Å²) in [6.07, 6.45) is -0.0884. The molecular formula is C12H19NO2S. The fraction of sp³-hybridized carbons (Fsp3) is 0.500. The number of ether oxygens (including phenoxy) is 1. The topological polar surface area (TPSA) is 52.3 Å². The van der Waals surface area contributed by atoms with Gasteiger partial charge in [0.1, 0.15) is 0 Å². The van der Waals surface area contributed by atoms with E-state index in [4.69, 9.17) is 10.5 Å². The molecule has 0 heterocycles. The van der Waals surface area contributed by atoms with Crippen LogP contribution in [0.2, 0.25) is 0 Å². The van der Waals surface area contributed by atoms with Crippen LogP contribution in [0, 0.1) is 0 Å². The van der Waals surface area contributed by atoms with Crippen LogP contribution in [0.4, 0.5) is 0 Å². The highest BCUT2D eigenvalue weighted by Crippen LogP contribution is 2.04. The Labute approximate surface area is 99.4 Å². The first-order valence-electron chi connectivity index (χ1n) is 5.46. The summed E-state index contributed by atoms with van der Waals surface area (Å²) in [7, 11) is -0.907. The van der Waals surface area contributed by atoms with E-state index in [1.54, 1.807) is 0 Å². The molecule has 90 valence electrons. The maximum Gasteiger partial charge on any atom is 0.0812 e. The molecule has 1 rings (SSSR count).